The number of nitrogens with zero attached hydrogens (tertiary/aromatic N) is 2. The predicted octanol–water partition coefficient (Wildman–Crippen LogP) is 3.87. The van der Waals surface area contributed by atoms with Crippen LogP contribution in [-0.2, 0) is 0 Å². The molecule has 1 atom stereocenters. The third-order valence-corrected chi connectivity index (χ3v) is 6.14. The number of carbonyl (C=O) groups is 1. The molecule has 6 heteroatoms. The molecule has 3 nitrogen and oxygen atoms in total. The van der Waals surface area contributed by atoms with Gasteiger partial charge in [0, 0.05) is 24.7 Å². The highest BCUT2D eigenvalue weighted by Crippen LogP contribution is 2.32. The molecule has 20 heavy (non-hydrogen) atoms. The molecular formula is C14H20Br2N2OS. The van der Waals surface area contributed by atoms with Gasteiger partial charge in [0.2, 0.25) is 0 Å². The van der Waals surface area contributed by atoms with E-state index < -0.39 is 0 Å². The monoisotopic (exact) mass is 422 g/mol. The molecular weight excluding hydrogens is 404 g/mol. The van der Waals surface area contributed by atoms with E-state index in [1.54, 1.807) is 11.3 Å². The third kappa shape index (κ3) is 4.13. The Morgan fingerprint density at radius 2 is 2.20 bits per heavy atom. The number of halogens is 2. The summed E-state index contributed by atoms with van der Waals surface area (Å²) in [5.41, 5.74) is 0.800. The van der Waals surface area contributed by atoms with Gasteiger partial charge in [-0.25, -0.2) is 0 Å². The van der Waals surface area contributed by atoms with Crippen molar-refractivity contribution in [1.82, 2.24) is 9.80 Å². The van der Waals surface area contributed by atoms with Crippen molar-refractivity contribution in [3.63, 3.8) is 0 Å². The summed E-state index contributed by atoms with van der Waals surface area (Å²) in [7, 11) is 2.17. The Hall–Kier alpha value is 0.250. The summed E-state index contributed by atoms with van der Waals surface area (Å²) < 4.78 is 1.92. The lowest BCUT2D eigenvalue weighted by atomic mass is 10.1. The minimum Gasteiger partial charge on any atom is -0.305 e. The van der Waals surface area contributed by atoms with Crippen LogP contribution in [0.2, 0.25) is 0 Å². The van der Waals surface area contributed by atoms with Crippen LogP contribution in [0.25, 0.3) is 0 Å². The van der Waals surface area contributed by atoms with E-state index in [9.17, 15) is 4.79 Å². The fraction of sp³-hybridized carbons (Fsp3) is 0.643. The number of rotatable bonds is 4. The summed E-state index contributed by atoms with van der Waals surface area (Å²) in [6.45, 7) is 5.91. The van der Waals surface area contributed by atoms with Gasteiger partial charge in [-0.05, 0) is 64.4 Å². The maximum Gasteiger partial charge on any atom is 0.178 e. The van der Waals surface area contributed by atoms with Crippen molar-refractivity contribution >= 4 is 49.0 Å². The molecule has 1 aromatic rings. The van der Waals surface area contributed by atoms with Gasteiger partial charge in [0.05, 0.1) is 14.1 Å². The van der Waals surface area contributed by atoms with Gasteiger partial charge in [0.1, 0.15) is 0 Å². The maximum atomic E-state index is 12.5. The molecule has 0 saturated carbocycles. The molecule has 2 heterocycles. The van der Waals surface area contributed by atoms with Crippen molar-refractivity contribution in [3.05, 3.63) is 19.2 Å². The molecule has 0 radical (unpaired) electrons. The van der Waals surface area contributed by atoms with Crippen molar-refractivity contribution in [2.75, 3.05) is 33.2 Å². The molecule has 0 amide bonds. The van der Waals surface area contributed by atoms with Gasteiger partial charge in [0.25, 0.3) is 0 Å². The van der Waals surface area contributed by atoms with Crippen LogP contribution < -0.4 is 0 Å². The number of thiophene rings is 1. The van der Waals surface area contributed by atoms with Crippen molar-refractivity contribution in [1.29, 1.82) is 0 Å². The summed E-state index contributed by atoms with van der Waals surface area (Å²) in [6.07, 6.45) is 2.22. The van der Waals surface area contributed by atoms with Crippen LogP contribution >= 0.6 is 43.2 Å². The minimum absolute atomic E-state index is 0.210. The average Bonchev–Trinajstić information content (AvgIpc) is 2.63. The molecule has 1 aromatic heterocycles. The van der Waals surface area contributed by atoms with Gasteiger partial charge >= 0.3 is 0 Å². The SMILES string of the molecule is CCC1CN(C)CCCN1CC(=O)c1cc(Br)sc1Br. The number of likely N-dealkylation sites (N-methyl/N-ethyl adjacent to an activating group) is 1. The molecule has 0 aromatic carbocycles. The summed E-state index contributed by atoms with van der Waals surface area (Å²) in [6, 6.07) is 2.40. The summed E-state index contributed by atoms with van der Waals surface area (Å²) in [5, 5.41) is 0. The summed E-state index contributed by atoms with van der Waals surface area (Å²) in [5.74, 6) is 0.210. The normalized spacial score (nSPS) is 21.9. The first-order valence-corrected chi connectivity index (χ1v) is 9.32. The molecule has 1 aliphatic rings. The van der Waals surface area contributed by atoms with Crippen molar-refractivity contribution in [2.45, 2.75) is 25.8 Å². The molecule has 1 saturated heterocycles. The number of hydrogen-bond donors (Lipinski definition) is 0. The number of hydrogen-bond acceptors (Lipinski definition) is 4. The van der Waals surface area contributed by atoms with Gasteiger partial charge in [0.15, 0.2) is 5.78 Å². The highest BCUT2D eigenvalue weighted by atomic mass is 79.9. The highest BCUT2D eigenvalue weighted by molar-refractivity contribution is 9.12. The van der Waals surface area contributed by atoms with Gasteiger partial charge in [-0.2, -0.15) is 0 Å². The summed E-state index contributed by atoms with van der Waals surface area (Å²) in [4.78, 5) is 17.2. The van der Waals surface area contributed by atoms with E-state index in [2.05, 4.69) is 55.6 Å². The lowest BCUT2D eigenvalue weighted by Gasteiger charge is -2.29. The van der Waals surface area contributed by atoms with Gasteiger partial charge in [-0.3, -0.25) is 9.69 Å². The Kier molecular flexibility index (Phi) is 6.23. The van der Waals surface area contributed by atoms with Crippen LogP contribution in [0.3, 0.4) is 0 Å². The average molecular weight is 424 g/mol. The first kappa shape index (κ1) is 16.6. The Labute approximate surface area is 141 Å². The lowest BCUT2D eigenvalue weighted by molar-refractivity contribution is 0.0888. The van der Waals surface area contributed by atoms with Crippen LogP contribution in [0.4, 0.5) is 0 Å². The lowest BCUT2D eigenvalue weighted by Crippen LogP contribution is -2.42. The standard InChI is InChI=1S/C14H20Br2N2OS/c1-3-10-8-17(2)5-4-6-18(10)9-12(19)11-7-13(15)20-14(11)16/h7,10H,3-6,8-9H2,1-2H3. The first-order chi connectivity index (χ1) is 9.51. The quantitative estimate of drug-likeness (QED) is 0.686. The van der Waals surface area contributed by atoms with Crippen molar-refractivity contribution in [2.24, 2.45) is 0 Å². The second-order valence-electron chi connectivity index (χ2n) is 5.31. The Bertz CT molecular complexity index is 478. The van der Waals surface area contributed by atoms with E-state index in [1.807, 2.05) is 6.07 Å². The minimum atomic E-state index is 0.210. The Balaban J connectivity index is 2.07. The largest absolute Gasteiger partial charge is 0.305 e. The molecule has 1 aliphatic heterocycles. The molecule has 0 bridgehead atoms. The van der Waals surface area contributed by atoms with Gasteiger partial charge in [-0.1, -0.05) is 6.92 Å². The van der Waals surface area contributed by atoms with E-state index in [4.69, 9.17) is 0 Å². The number of ketones is 1. The molecule has 0 aliphatic carbocycles. The highest BCUT2D eigenvalue weighted by Gasteiger charge is 2.25. The second-order valence-corrected chi connectivity index (χ2v) is 9.06. The van der Waals surface area contributed by atoms with Gasteiger partial charge in [-0.15, -0.1) is 11.3 Å². The summed E-state index contributed by atoms with van der Waals surface area (Å²) >= 11 is 8.48. The van der Waals surface area contributed by atoms with E-state index in [-0.39, 0.29) is 5.78 Å². The van der Waals surface area contributed by atoms with Crippen LogP contribution in [0, 0.1) is 0 Å². The topological polar surface area (TPSA) is 23.6 Å². The molecule has 1 unspecified atom stereocenters. The van der Waals surface area contributed by atoms with E-state index in [0.717, 1.165) is 45.6 Å². The molecule has 0 N–H and O–H groups in total. The van der Waals surface area contributed by atoms with E-state index >= 15 is 0 Å². The number of Topliss-reactive ketones (excluding diaryl/α,β-unsaturated/α-hetero) is 1. The maximum absolute atomic E-state index is 12.5. The van der Waals surface area contributed by atoms with E-state index in [1.165, 1.54) is 0 Å². The number of carbonyl (C=O) groups excluding carboxylic acids is 1. The Morgan fingerprint density at radius 3 is 2.80 bits per heavy atom. The van der Waals surface area contributed by atoms with Crippen molar-refractivity contribution in [3.8, 4) is 0 Å². The third-order valence-electron chi connectivity index (χ3n) is 3.80. The molecule has 112 valence electrons. The fourth-order valence-corrected chi connectivity index (χ4v) is 5.54. The van der Waals surface area contributed by atoms with Gasteiger partial charge < -0.3 is 4.90 Å². The van der Waals surface area contributed by atoms with Crippen LogP contribution in [0.1, 0.15) is 30.1 Å². The first-order valence-electron chi connectivity index (χ1n) is 6.92. The van der Waals surface area contributed by atoms with Crippen LogP contribution in [0.5, 0.6) is 0 Å². The van der Waals surface area contributed by atoms with Crippen LogP contribution in [0.15, 0.2) is 13.6 Å². The predicted molar refractivity (Wildman–Crippen MR) is 91.8 cm³/mol. The Morgan fingerprint density at radius 1 is 1.45 bits per heavy atom. The van der Waals surface area contributed by atoms with E-state index in [0.29, 0.717) is 12.6 Å². The zero-order valence-corrected chi connectivity index (χ0v) is 15.9. The zero-order valence-electron chi connectivity index (χ0n) is 11.9. The van der Waals surface area contributed by atoms with Crippen LogP contribution in [-0.4, -0.2) is 54.9 Å². The molecule has 2 rings (SSSR count). The fourth-order valence-electron chi connectivity index (χ4n) is 2.69. The molecule has 1 fully saturated rings. The smallest absolute Gasteiger partial charge is 0.178 e. The zero-order chi connectivity index (χ0) is 14.7. The second kappa shape index (κ2) is 7.49. The molecule has 0 spiro atoms. The van der Waals surface area contributed by atoms with Crippen molar-refractivity contribution < 1.29 is 4.79 Å².